The van der Waals surface area contributed by atoms with Crippen LogP contribution in [0.3, 0.4) is 0 Å². The number of rotatable bonds is 3. The molecule has 2 heterocycles. The van der Waals surface area contributed by atoms with E-state index in [1.165, 1.54) is 0 Å². The molecule has 0 bridgehead atoms. The van der Waals surface area contributed by atoms with Gasteiger partial charge in [-0.25, -0.2) is 4.99 Å². The van der Waals surface area contributed by atoms with Crippen molar-refractivity contribution in [2.45, 2.75) is 25.7 Å². The molecule has 27 heavy (non-hydrogen) atoms. The van der Waals surface area contributed by atoms with Crippen molar-refractivity contribution in [2.24, 2.45) is 4.99 Å². The van der Waals surface area contributed by atoms with E-state index in [1.807, 2.05) is 53.4 Å². The number of amides is 1. The third-order valence-corrected chi connectivity index (χ3v) is 5.28. The third-order valence-electron chi connectivity index (χ3n) is 5.03. The second-order valence-corrected chi connectivity index (χ2v) is 7.19. The second-order valence-electron chi connectivity index (χ2n) is 6.75. The summed E-state index contributed by atoms with van der Waals surface area (Å²) in [6.45, 7) is 0.748. The molecule has 0 atom stereocenters. The molecule has 2 aliphatic heterocycles. The first-order valence-electron chi connectivity index (χ1n) is 9.21. The Morgan fingerprint density at radius 2 is 1.67 bits per heavy atom. The van der Waals surface area contributed by atoms with Gasteiger partial charge in [-0.1, -0.05) is 42.3 Å². The number of benzene rings is 2. The van der Waals surface area contributed by atoms with Crippen molar-refractivity contribution in [2.75, 3.05) is 13.7 Å². The van der Waals surface area contributed by atoms with E-state index in [2.05, 4.69) is 0 Å². The van der Waals surface area contributed by atoms with E-state index >= 15 is 0 Å². The van der Waals surface area contributed by atoms with Gasteiger partial charge in [0.05, 0.1) is 7.11 Å². The van der Waals surface area contributed by atoms with Gasteiger partial charge in [-0.05, 0) is 48.2 Å². The van der Waals surface area contributed by atoms with Crippen molar-refractivity contribution < 1.29 is 9.53 Å². The standard InChI is InChI=1S/C22H21ClN2O2/c1-27-18-12-8-16(9-13-18)20(15-6-10-17(23)11-7-15)21-22(26)25-14-4-2-3-5-19(25)24-21/h6-13H,2-5,14H2,1H3/b21-20+. The summed E-state index contributed by atoms with van der Waals surface area (Å²) in [5, 5.41) is 0.663. The van der Waals surface area contributed by atoms with Crippen molar-refractivity contribution >= 4 is 28.9 Å². The van der Waals surface area contributed by atoms with Crippen molar-refractivity contribution in [3.8, 4) is 5.75 Å². The van der Waals surface area contributed by atoms with Gasteiger partial charge < -0.3 is 4.74 Å². The number of amidine groups is 1. The number of aliphatic imine (C=N–C) groups is 1. The molecule has 4 nitrogen and oxygen atoms in total. The first-order chi connectivity index (χ1) is 13.2. The molecular weight excluding hydrogens is 360 g/mol. The van der Waals surface area contributed by atoms with Gasteiger partial charge in [0.1, 0.15) is 17.3 Å². The molecule has 0 saturated carbocycles. The van der Waals surface area contributed by atoms with E-state index in [-0.39, 0.29) is 5.91 Å². The highest BCUT2D eigenvalue weighted by atomic mass is 35.5. The molecule has 5 heteroatoms. The SMILES string of the molecule is COc1ccc(/C(=C2/N=C3CCCCCN3C2=O)c2ccc(Cl)cc2)cc1. The Bertz CT molecular complexity index is 914. The van der Waals surface area contributed by atoms with Gasteiger partial charge >= 0.3 is 0 Å². The Kier molecular flexibility index (Phi) is 4.99. The maximum Gasteiger partial charge on any atom is 0.278 e. The van der Waals surface area contributed by atoms with Crippen LogP contribution in [0.2, 0.25) is 5.02 Å². The van der Waals surface area contributed by atoms with Gasteiger partial charge in [-0.15, -0.1) is 0 Å². The normalized spacial score (nSPS) is 18.7. The topological polar surface area (TPSA) is 41.9 Å². The van der Waals surface area contributed by atoms with E-state index in [0.29, 0.717) is 10.7 Å². The summed E-state index contributed by atoms with van der Waals surface area (Å²) in [6.07, 6.45) is 4.10. The zero-order chi connectivity index (χ0) is 18.8. The number of fused-ring (bicyclic) bond motifs is 1. The zero-order valence-electron chi connectivity index (χ0n) is 15.2. The fourth-order valence-corrected chi connectivity index (χ4v) is 3.74. The Balaban J connectivity index is 1.88. The highest BCUT2D eigenvalue weighted by Crippen LogP contribution is 2.34. The molecule has 1 amide bonds. The number of carbonyl (C=O) groups is 1. The number of ether oxygens (including phenoxy) is 1. The van der Waals surface area contributed by atoms with Crippen LogP contribution in [0.5, 0.6) is 5.75 Å². The summed E-state index contributed by atoms with van der Waals surface area (Å²) in [6, 6.07) is 15.3. The van der Waals surface area contributed by atoms with Crippen LogP contribution in [-0.4, -0.2) is 30.3 Å². The molecule has 0 unspecified atom stereocenters. The van der Waals surface area contributed by atoms with Crippen LogP contribution in [0, 0.1) is 0 Å². The fraction of sp³-hybridized carbons (Fsp3) is 0.273. The van der Waals surface area contributed by atoms with Gasteiger partial charge in [0.2, 0.25) is 0 Å². The van der Waals surface area contributed by atoms with E-state index < -0.39 is 0 Å². The fourth-order valence-electron chi connectivity index (χ4n) is 3.61. The average molecular weight is 381 g/mol. The van der Waals surface area contributed by atoms with Crippen molar-refractivity contribution in [1.82, 2.24) is 4.90 Å². The van der Waals surface area contributed by atoms with E-state index in [1.54, 1.807) is 7.11 Å². The molecule has 1 saturated heterocycles. The Labute approximate surface area is 164 Å². The van der Waals surface area contributed by atoms with Crippen LogP contribution < -0.4 is 4.74 Å². The summed E-state index contributed by atoms with van der Waals surface area (Å²) in [4.78, 5) is 19.8. The van der Waals surface area contributed by atoms with Gasteiger partial charge in [0.15, 0.2) is 0 Å². The number of carbonyl (C=O) groups excluding carboxylic acids is 1. The van der Waals surface area contributed by atoms with E-state index in [9.17, 15) is 4.79 Å². The monoisotopic (exact) mass is 380 g/mol. The molecule has 0 aromatic heterocycles. The molecule has 2 aliphatic rings. The first kappa shape index (κ1) is 17.8. The van der Waals surface area contributed by atoms with Gasteiger partial charge in [-0.2, -0.15) is 0 Å². The van der Waals surface area contributed by atoms with Crippen LogP contribution in [0.4, 0.5) is 0 Å². The van der Waals surface area contributed by atoms with Gasteiger partial charge in [0.25, 0.3) is 5.91 Å². The highest BCUT2D eigenvalue weighted by Gasteiger charge is 2.33. The lowest BCUT2D eigenvalue weighted by Gasteiger charge is -2.15. The lowest BCUT2D eigenvalue weighted by molar-refractivity contribution is -0.122. The summed E-state index contributed by atoms with van der Waals surface area (Å²) in [5.41, 5.74) is 3.21. The second kappa shape index (κ2) is 7.57. The Morgan fingerprint density at radius 1 is 1.00 bits per heavy atom. The summed E-state index contributed by atoms with van der Waals surface area (Å²) in [7, 11) is 1.64. The molecule has 2 aromatic carbocycles. The summed E-state index contributed by atoms with van der Waals surface area (Å²) < 4.78 is 5.27. The van der Waals surface area contributed by atoms with Crippen molar-refractivity contribution in [3.05, 3.63) is 70.4 Å². The Hall–Kier alpha value is -2.59. The first-order valence-corrected chi connectivity index (χ1v) is 9.59. The average Bonchev–Trinajstić information content (AvgIpc) is 2.86. The molecule has 138 valence electrons. The smallest absolute Gasteiger partial charge is 0.278 e. The largest absolute Gasteiger partial charge is 0.497 e. The highest BCUT2D eigenvalue weighted by molar-refractivity contribution is 6.30. The van der Waals surface area contributed by atoms with E-state index in [0.717, 1.165) is 60.5 Å². The quantitative estimate of drug-likeness (QED) is 0.709. The molecule has 0 spiro atoms. The molecule has 1 fully saturated rings. The minimum atomic E-state index is -0.00679. The summed E-state index contributed by atoms with van der Waals surface area (Å²) >= 11 is 6.07. The predicted octanol–water partition coefficient (Wildman–Crippen LogP) is 4.92. The van der Waals surface area contributed by atoms with Gasteiger partial charge in [0, 0.05) is 23.6 Å². The maximum atomic E-state index is 13.2. The van der Waals surface area contributed by atoms with Gasteiger partial charge in [-0.3, -0.25) is 9.69 Å². The lowest BCUT2D eigenvalue weighted by atomic mass is 9.95. The molecular formula is C22H21ClN2O2. The number of hydrogen-bond acceptors (Lipinski definition) is 3. The minimum absolute atomic E-state index is 0.00679. The molecule has 2 aromatic rings. The number of methoxy groups -OCH3 is 1. The Morgan fingerprint density at radius 3 is 2.33 bits per heavy atom. The molecule has 4 rings (SSSR count). The summed E-state index contributed by atoms with van der Waals surface area (Å²) in [5.74, 6) is 1.66. The van der Waals surface area contributed by atoms with E-state index in [4.69, 9.17) is 21.3 Å². The van der Waals surface area contributed by atoms with Crippen LogP contribution in [0.25, 0.3) is 5.57 Å². The van der Waals surface area contributed by atoms with Crippen molar-refractivity contribution in [3.63, 3.8) is 0 Å². The molecule has 0 radical (unpaired) electrons. The number of nitrogens with zero attached hydrogens (tertiary/aromatic N) is 2. The van der Waals surface area contributed by atoms with Crippen LogP contribution in [0.1, 0.15) is 36.8 Å². The number of halogens is 1. The van der Waals surface area contributed by atoms with Crippen LogP contribution in [-0.2, 0) is 4.79 Å². The van der Waals surface area contributed by atoms with Crippen molar-refractivity contribution in [1.29, 1.82) is 0 Å². The van der Waals surface area contributed by atoms with Crippen LogP contribution in [0.15, 0.2) is 59.2 Å². The zero-order valence-corrected chi connectivity index (χ0v) is 16.0. The third kappa shape index (κ3) is 3.50. The lowest BCUT2D eigenvalue weighted by Crippen LogP contribution is -2.31. The maximum absolute atomic E-state index is 13.2. The van der Waals surface area contributed by atoms with Crippen LogP contribution >= 0.6 is 11.6 Å². The molecule has 0 N–H and O–H groups in total. The minimum Gasteiger partial charge on any atom is -0.497 e. The number of hydrogen-bond donors (Lipinski definition) is 0. The predicted molar refractivity (Wildman–Crippen MR) is 108 cm³/mol. The molecule has 0 aliphatic carbocycles.